The zero-order valence-corrected chi connectivity index (χ0v) is 21.6. The highest BCUT2D eigenvalue weighted by Crippen LogP contribution is 2.28. The first-order chi connectivity index (χ1) is 18.6. The van der Waals surface area contributed by atoms with Crippen molar-refractivity contribution in [1.82, 2.24) is 30.1 Å². The highest BCUT2D eigenvalue weighted by molar-refractivity contribution is 5.80. The summed E-state index contributed by atoms with van der Waals surface area (Å²) < 4.78 is 18.0. The van der Waals surface area contributed by atoms with Gasteiger partial charge in [-0.15, -0.1) is 5.10 Å². The smallest absolute Gasteiger partial charge is 0.252 e. The predicted molar refractivity (Wildman–Crippen MR) is 142 cm³/mol. The molecule has 3 heterocycles. The summed E-state index contributed by atoms with van der Waals surface area (Å²) in [5.41, 5.74) is 2.35. The van der Waals surface area contributed by atoms with Gasteiger partial charge in [0.25, 0.3) is 5.56 Å². The van der Waals surface area contributed by atoms with Crippen molar-refractivity contribution in [3.63, 3.8) is 0 Å². The third kappa shape index (κ3) is 5.45. The molecule has 2 aromatic carbocycles. The number of H-pyrrole nitrogens is 1. The Kier molecular flexibility index (Phi) is 7.50. The standard InChI is InChI=1S/C28H30N6O4/c1-4-26(27-30-31-32-34(27)18-24-6-5-13-38-24)33(16-19-7-9-22(36-2)10-8-19)17-21-14-20-15-23(37-3)11-12-25(20)29-28(21)35/h5-15,26H,4,16-18H2,1-3H3,(H,29,35)/t26-/m1/s1. The molecule has 196 valence electrons. The molecule has 0 amide bonds. The number of tetrazole rings is 1. The van der Waals surface area contributed by atoms with E-state index >= 15 is 0 Å². The van der Waals surface area contributed by atoms with Crippen LogP contribution in [-0.2, 0) is 19.6 Å². The summed E-state index contributed by atoms with van der Waals surface area (Å²) in [6.07, 6.45) is 2.36. The van der Waals surface area contributed by atoms with Gasteiger partial charge in [-0.3, -0.25) is 9.69 Å². The van der Waals surface area contributed by atoms with Gasteiger partial charge in [-0.1, -0.05) is 19.1 Å². The molecule has 1 atom stereocenters. The van der Waals surface area contributed by atoms with Gasteiger partial charge in [-0.2, -0.15) is 0 Å². The first-order valence-corrected chi connectivity index (χ1v) is 12.4. The Bertz CT molecular complexity index is 1540. The van der Waals surface area contributed by atoms with Crippen molar-refractivity contribution in [1.29, 1.82) is 0 Å². The molecule has 0 radical (unpaired) electrons. The molecule has 3 aromatic heterocycles. The summed E-state index contributed by atoms with van der Waals surface area (Å²) in [5.74, 6) is 2.98. The molecule has 0 spiro atoms. The molecule has 0 saturated heterocycles. The number of furan rings is 1. The van der Waals surface area contributed by atoms with Crippen LogP contribution in [-0.4, -0.2) is 44.3 Å². The minimum Gasteiger partial charge on any atom is -0.497 e. The van der Waals surface area contributed by atoms with Crippen LogP contribution in [0.4, 0.5) is 0 Å². The number of nitrogens with one attached hydrogen (secondary N) is 1. The van der Waals surface area contributed by atoms with Crippen LogP contribution in [0.3, 0.4) is 0 Å². The number of hydrogen-bond donors (Lipinski definition) is 1. The molecule has 0 saturated carbocycles. The van der Waals surface area contributed by atoms with E-state index in [0.717, 1.165) is 40.1 Å². The maximum atomic E-state index is 13.1. The van der Waals surface area contributed by atoms with Crippen molar-refractivity contribution < 1.29 is 13.9 Å². The molecule has 0 aliphatic rings. The van der Waals surface area contributed by atoms with Crippen LogP contribution in [0.1, 0.15) is 42.1 Å². The summed E-state index contributed by atoms with van der Waals surface area (Å²) in [5, 5.41) is 13.5. The molecule has 10 nitrogen and oxygen atoms in total. The first-order valence-electron chi connectivity index (χ1n) is 12.4. The molecule has 0 bridgehead atoms. The Morgan fingerprint density at radius 3 is 2.53 bits per heavy atom. The topological polar surface area (TPSA) is 111 Å². The van der Waals surface area contributed by atoms with E-state index in [1.54, 1.807) is 25.2 Å². The van der Waals surface area contributed by atoms with Crippen molar-refractivity contribution in [2.45, 2.75) is 39.0 Å². The van der Waals surface area contributed by atoms with E-state index in [1.165, 1.54) is 0 Å². The number of fused-ring (bicyclic) bond motifs is 1. The molecule has 0 unspecified atom stereocenters. The van der Waals surface area contributed by atoms with Crippen molar-refractivity contribution in [3.8, 4) is 11.5 Å². The molecule has 5 rings (SSSR count). The van der Waals surface area contributed by atoms with Gasteiger partial charge < -0.3 is 18.9 Å². The van der Waals surface area contributed by atoms with Gasteiger partial charge in [0.15, 0.2) is 5.82 Å². The average molecular weight is 515 g/mol. The molecular weight excluding hydrogens is 484 g/mol. The van der Waals surface area contributed by atoms with Gasteiger partial charge in [-0.05, 0) is 70.9 Å². The fraction of sp³-hybridized carbons (Fsp3) is 0.286. The minimum absolute atomic E-state index is 0.132. The van der Waals surface area contributed by atoms with Gasteiger partial charge >= 0.3 is 0 Å². The molecular formula is C28H30N6O4. The second-order valence-electron chi connectivity index (χ2n) is 9.03. The van der Waals surface area contributed by atoms with Crippen LogP contribution >= 0.6 is 0 Å². The van der Waals surface area contributed by atoms with Crippen LogP contribution in [0.5, 0.6) is 11.5 Å². The Labute approximate surface area is 219 Å². The monoisotopic (exact) mass is 514 g/mol. The van der Waals surface area contributed by atoms with E-state index in [0.29, 0.717) is 31.0 Å². The Balaban J connectivity index is 1.52. The molecule has 10 heteroatoms. The summed E-state index contributed by atoms with van der Waals surface area (Å²) >= 11 is 0. The summed E-state index contributed by atoms with van der Waals surface area (Å²) in [6, 6.07) is 19.0. The molecule has 0 aliphatic carbocycles. The highest BCUT2D eigenvalue weighted by atomic mass is 16.5. The molecule has 1 N–H and O–H groups in total. The number of pyridine rings is 1. The predicted octanol–water partition coefficient (Wildman–Crippen LogP) is 4.33. The SMILES string of the molecule is CC[C@H](c1nnnn1Cc1ccco1)N(Cc1ccc(OC)cc1)Cc1cc2cc(OC)ccc2[nH]c1=O. The quantitative estimate of drug-likeness (QED) is 0.277. The zero-order chi connectivity index (χ0) is 26.5. The van der Waals surface area contributed by atoms with Gasteiger partial charge in [0.05, 0.1) is 26.5 Å². The molecule has 5 aromatic rings. The van der Waals surface area contributed by atoms with Crippen molar-refractivity contribution >= 4 is 10.9 Å². The van der Waals surface area contributed by atoms with E-state index in [9.17, 15) is 4.79 Å². The lowest BCUT2D eigenvalue weighted by molar-refractivity contribution is 0.161. The number of aromatic amines is 1. The van der Waals surface area contributed by atoms with E-state index in [1.807, 2.05) is 60.7 Å². The fourth-order valence-electron chi connectivity index (χ4n) is 4.65. The third-order valence-corrected chi connectivity index (χ3v) is 6.62. The Morgan fingerprint density at radius 1 is 1.03 bits per heavy atom. The summed E-state index contributed by atoms with van der Waals surface area (Å²) in [6.45, 7) is 3.47. The minimum atomic E-state index is -0.164. The number of nitrogens with zero attached hydrogens (tertiary/aromatic N) is 5. The van der Waals surface area contributed by atoms with Crippen molar-refractivity contribution in [2.24, 2.45) is 0 Å². The lowest BCUT2D eigenvalue weighted by Crippen LogP contribution is -2.32. The van der Waals surface area contributed by atoms with Crippen LogP contribution in [0.25, 0.3) is 10.9 Å². The van der Waals surface area contributed by atoms with E-state index in [2.05, 4.69) is 32.3 Å². The summed E-state index contributed by atoms with van der Waals surface area (Å²) in [4.78, 5) is 18.4. The normalized spacial score (nSPS) is 12.2. The third-order valence-electron chi connectivity index (χ3n) is 6.62. The molecule has 0 aliphatic heterocycles. The van der Waals surface area contributed by atoms with Crippen molar-refractivity contribution in [3.05, 3.63) is 100.0 Å². The van der Waals surface area contributed by atoms with Gasteiger partial charge in [0.2, 0.25) is 0 Å². The molecule has 38 heavy (non-hydrogen) atoms. The lowest BCUT2D eigenvalue weighted by Gasteiger charge is -2.30. The maximum absolute atomic E-state index is 13.1. The highest BCUT2D eigenvalue weighted by Gasteiger charge is 2.26. The lowest BCUT2D eigenvalue weighted by atomic mass is 10.1. The van der Waals surface area contributed by atoms with Crippen molar-refractivity contribution in [2.75, 3.05) is 14.2 Å². The Morgan fingerprint density at radius 2 is 1.82 bits per heavy atom. The number of methoxy groups -OCH3 is 2. The number of ether oxygens (including phenoxy) is 2. The number of rotatable bonds is 11. The Hall–Kier alpha value is -4.44. The number of benzene rings is 2. The largest absolute Gasteiger partial charge is 0.497 e. The van der Waals surface area contributed by atoms with E-state index in [-0.39, 0.29) is 11.6 Å². The molecule has 0 fully saturated rings. The second kappa shape index (κ2) is 11.3. The fourth-order valence-corrected chi connectivity index (χ4v) is 4.65. The zero-order valence-electron chi connectivity index (χ0n) is 21.6. The van der Waals surface area contributed by atoms with Crippen LogP contribution in [0.2, 0.25) is 0 Å². The van der Waals surface area contributed by atoms with Gasteiger partial charge in [-0.25, -0.2) is 4.68 Å². The maximum Gasteiger partial charge on any atom is 0.252 e. The summed E-state index contributed by atoms with van der Waals surface area (Å²) in [7, 11) is 3.28. The number of aromatic nitrogens is 5. The number of hydrogen-bond acceptors (Lipinski definition) is 8. The van der Waals surface area contributed by atoms with Gasteiger partial charge in [0.1, 0.15) is 23.8 Å². The van der Waals surface area contributed by atoms with Crippen LogP contribution in [0, 0.1) is 0 Å². The van der Waals surface area contributed by atoms with E-state index < -0.39 is 0 Å². The van der Waals surface area contributed by atoms with Crippen LogP contribution in [0.15, 0.2) is 76.1 Å². The first kappa shape index (κ1) is 25.2. The van der Waals surface area contributed by atoms with E-state index in [4.69, 9.17) is 13.9 Å². The van der Waals surface area contributed by atoms with Gasteiger partial charge in [0, 0.05) is 29.6 Å². The van der Waals surface area contributed by atoms with Crippen LogP contribution < -0.4 is 15.0 Å². The average Bonchev–Trinajstić information content (AvgIpc) is 3.62. The second-order valence-corrected chi connectivity index (χ2v) is 9.03.